The van der Waals surface area contributed by atoms with E-state index >= 15 is 0 Å². The molecule has 0 unspecified atom stereocenters. The average molecular weight is 1440 g/mol. The molecule has 0 spiro atoms. The van der Waals surface area contributed by atoms with Gasteiger partial charge in [0.05, 0.1) is 32.0 Å². The van der Waals surface area contributed by atoms with Crippen molar-refractivity contribution < 1.29 is 111 Å². The zero-order valence-corrected chi connectivity index (χ0v) is 56.6. The number of aliphatic carboxylic acids is 1. The minimum Gasteiger partial charge on any atom is -0.480 e. The van der Waals surface area contributed by atoms with Crippen molar-refractivity contribution in [3.05, 3.63) is 0 Å². The summed E-state index contributed by atoms with van der Waals surface area (Å²) < 4.78 is 16.4. The van der Waals surface area contributed by atoms with E-state index in [9.17, 15) is 107 Å². The molecule has 0 saturated carbocycles. The summed E-state index contributed by atoms with van der Waals surface area (Å²) in [6, 6.07) is -19.1. The number of hydrogen-bond acceptors (Lipinski definition) is 23. The van der Waals surface area contributed by atoms with E-state index in [4.69, 9.17) is 34.4 Å². The number of nitrogens with zero attached hydrogens (tertiary/aromatic N) is 3. The SMILES string of the molecule is CC(C)[C@H](NC(=O)[C@H](COP(=O)(O)O)NC(=O)[C@@H](NC(=O)[C@H](CCC(N)=O)NC(=O)[C@H](CCCN=C(N)N)NC(=O)[C@@H](N)[C@@H](C)O)[C@@H](C)O)C(=O)N[C@@H](CO)C(=O)NCC(=O)N[C@@H](CCC(N)=O)C(=O)N[C@@H](C)C(=O)N1CCC[C@H]1C(=O)N1CCC[C@H]1C(=O)N[C@@H](CCCCN)C(=O)O. The Balaban J connectivity index is 2.25. The van der Waals surface area contributed by atoms with Gasteiger partial charge in [0.15, 0.2) is 5.96 Å². The van der Waals surface area contributed by atoms with E-state index in [0.29, 0.717) is 32.2 Å². The highest BCUT2D eigenvalue weighted by Crippen LogP contribution is 2.35. The lowest BCUT2D eigenvalue weighted by atomic mass is 10.0. The molecule has 14 amide bonds. The van der Waals surface area contributed by atoms with Gasteiger partial charge in [-0.3, -0.25) is 76.6 Å². The van der Waals surface area contributed by atoms with E-state index in [1.165, 1.54) is 37.5 Å². The lowest BCUT2D eigenvalue weighted by molar-refractivity contribution is -0.148. The van der Waals surface area contributed by atoms with Crippen molar-refractivity contribution in [2.75, 3.05) is 45.9 Å². The van der Waals surface area contributed by atoms with Gasteiger partial charge < -0.3 is 128 Å². The van der Waals surface area contributed by atoms with Crippen LogP contribution in [0.2, 0.25) is 0 Å². The topological polar surface area (TPSA) is 699 Å². The van der Waals surface area contributed by atoms with Crippen LogP contribution in [0.15, 0.2) is 4.99 Å². The summed E-state index contributed by atoms with van der Waals surface area (Å²) in [6.45, 7) is 3.16. The van der Waals surface area contributed by atoms with Gasteiger partial charge in [-0.2, -0.15) is 0 Å². The Morgan fingerprint density at radius 3 is 1.60 bits per heavy atom. The number of nitrogens with two attached hydrogens (primary N) is 6. The van der Waals surface area contributed by atoms with Crippen LogP contribution in [-0.4, -0.2) is 265 Å². The van der Waals surface area contributed by atoms with Gasteiger partial charge in [0.1, 0.15) is 72.5 Å². The highest BCUT2D eigenvalue weighted by Gasteiger charge is 2.45. The minimum atomic E-state index is -5.48. The molecule has 42 nitrogen and oxygen atoms in total. The first-order valence-corrected chi connectivity index (χ1v) is 33.4. The number of carboxylic acids is 1. The first-order valence-electron chi connectivity index (χ1n) is 31.8. The van der Waals surface area contributed by atoms with E-state index in [1.54, 1.807) is 0 Å². The summed E-state index contributed by atoms with van der Waals surface area (Å²) in [5, 5.41) is 63.1. The van der Waals surface area contributed by atoms with Crippen molar-refractivity contribution in [1.82, 2.24) is 63.0 Å². The molecule has 0 radical (unpaired) electrons. The van der Waals surface area contributed by atoms with Crippen LogP contribution in [0.5, 0.6) is 0 Å². The molecule has 0 aromatic carbocycles. The number of likely N-dealkylation sites (tertiary alicyclic amines) is 2. The monoisotopic (exact) mass is 1440 g/mol. The van der Waals surface area contributed by atoms with Gasteiger partial charge in [-0.25, -0.2) is 9.36 Å². The summed E-state index contributed by atoms with van der Waals surface area (Å²) in [7, 11) is -5.48. The molecule has 99 heavy (non-hydrogen) atoms. The van der Waals surface area contributed by atoms with Gasteiger partial charge in [0.2, 0.25) is 82.7 Å². The number of amides is 14. The Morgan fingerprint density at radius 2 is 1.06 bits per heavy atom. The molecule has 43 heteroatoms. The first-order chi connectivity index (χ1) is 46.2. The summed E-state index contributed by atoms with van der Waals surface area (Å²) in [4.78, 5) is 225. The van der Waals surface area contributed by atoms with E-state index in [-0.39, 0.29) is 57.7 Å². The fraction of sp³-hybridized carbons (Fsp3) is 0.714. The number of aliphatic hydroxyl groups is 3. The third-order valence-electron chi connectivity index (χ3n) is 15.6. The van der Waals surface area contributed by atoms with Crippen molar-refractivity contribution in [2.24, 2.45) is 45.3 Å². The second-order valence-electron chi connectivity index (χ2n) is 24.0. The molecule has 2 heterocycles. The highest BCUT2D eigenvalue weighted by atomic mass is 31.2. The van der Waals surface area contributed by atoms with Gasteiger partial charge in [-0.05, 0) is 104 Å². The van der Waals surface area contributed by atoms with Crippen LogP contribution in [0, 0.1) is 5.92 Å². The predicted molar refractivity (Wildman–Crippen MR) is 344 cm³/mol. The van der Waals surface area contributed by atoms with Gasteiger partial charge >= 0.3 is 13.8 Å². The number of aliphatic hydroxyl groups excluding tert-OH is 3. The minimum absolute atomic E-state index is 0.0432. The molecule has 2 rings (SSSR count). The van der Waals surface area contributed by atoms with E-state index in [1.807, 2.05) is 5.32 Å². The van der Waals surface area contributed by atoms with E-state index < -0.39 is 233 Å². The van der Waals surface area contributed by atoms with Gasteiger partial charge in [0.25, 0.3) is 0 Å². The number of carboxylic acid groups (broad SMARTS) is 1. The summed E-state index contributed by atoms with van der Waals surface area (Å²) in [5.41, 5.74) is 32.6. The number of guanidine groups is 1. The van der Waals surface area contributed by atoms with Crippen LogP contribution in [0.25, 0.3) is 0 Å². The second kappa shape index (κ2) is 42.2. The Kier molecular flexibility index (Phi) is 36.8. The number of phosphoric ester groups is 1. The van der Waals surface area contributed by atoms with Gasteiger partial charge in [-0.15, -0.1) is 0 Å². The van der Waals surface area contributed by atoms with Crippen LogP contribution in [0.3, 0.4) is 0 Å². The average Bonchev–Trinajstić information content (AvgIpc) is 1.68. The zero-order valence-electron chi connectivity index (χ0n) is 55.7. The van der Waals surface area contributed by atoms with Crippen LogP contribution in [0.1, 0.15) is 118 Å². The smallest absolute Gasteiger partial charge is 0.469 e. The largest absolute Gasteiger partial charge is 0.480 e. The number of hydrogen-bond donors (Lipinski definition) is 22. The summed E-state index contributed by atoms with van der Waals surface area (Å²) in [5.74, 6) is -17.2. The van der Waals surface area contributed by atoms with Crippen molar-refractivity contribution in [3.63, 3.8) is 0 Å². The highest BCUT2D eigenvalue weighted by molar-refractivity contribution is 7.46. The molecule has 2 aliphatic rings. The lowest BCUT2D eigenvalue weighted by Crippen LogP contribution is -2.63. The van der Waals surface area contributed by atoms with E-state index in [0.717, 1.165) is 6.92 Å². The molecule has 0 aromatic heterocycles. The van der Waals surface area contributed by atoms with Crippen LogP contribution >= 0.6 is 7.82 Å². The molecule has 0 bridgehead atoms. The molecule has 2 fully saturated rings. The maximum atomic E-state index is 14.0. The standard InChI is InChI=1S/C56H98N19O23P/c1-26(2)42(72-48(86)35(25-98-99(95,96)97)71-52(90)43(29(5)78)73-47(85)32(16-18-39(59)80)67-46(84)30(12-8-20-63-56(61)62)68-50(88)41(60)28(4)77)51(89)70-34(24-76)44(82)64-23-40(81)66-31(15-17-38(58)79)45(83)65-27(3)53(91)75-22-10-14-37(75)54(92)74-21-9-13-36(74)49(87)69-33(55(93)94)11-6-7-19-57/h26-37,41-43,76-78H,6-25,57,60H2,1-5H3,(H2,58,79)(H2,59,80)(H,64,82)(H,65,83)(H,66,81)(H,67,84)(H,68,88)(H,69,87)(H,70,89)(H,71,90)(H,72,86)(H,73,85)(H,93,94)(H4,61,62,63)(H2,95,96,97)/t27-,28+,29+,30-,31-,32-,33-,34-,35-,36-,37-,41-,42-,43-/m0/s1. The van der Waals surface area contributed by atoms with Gasteiger partial charge in [-0.1, -0.05) is 13.8 Å². The van der Waals surface area contributed by atoms with Crippen LogP contribution < -0.4 is 87.6 Å². The summed E-state index contributed by atoms with van der Waals surface area (Å²) >= 11 is 0. The second-order valence-corrected chi connectivity index (χ2v) is 25.3. The first kappa shape index (κ1) is 86.3. The molecular formula is C56H98N19O23P. The number of nitrogens with one attached hydrogen (secondary N) is 10. The Morgan fingerprint density at radius 1 is 0.566 bits per heavy atom. The fourth-order valence-corrected chi connectivity index (χ4v) is 10.5. The zero-order chi connectivity index (χ0) is 75.2. The molecule has 2 saturated heterocycles. The predicted octanol–water partition coefficient (Wildman–Crippen LogP) is -10.9. The molecule has 0 aliphatic carbocycles. The molecule has 28 N–H and O–H groups in total. The number of unbranched alkanes of at least 4 members (excludes halogenated alkanes) is 1. The third kappa shape index (κ3) is 30.1. The quantitative estimate of drug-likeness (QED) is 0.0117. The number of rotatable bonds is 44. The van der Waals surface area contributed by atoms with Crippen LogP contribution in [-0.2, 0) is 81.0 Å². The lowest BCUT2D eigenvalue weighted by Gasteiger charge is -2.32. The third-order valence-corrected chi connectivity index (χ3v) is 16.1. The Labute approximate surface area is 569 Å². The van der Waals surface area contributed by atoms with Crippen molar-refractivity contribution in [2.45, 2.75) is 203 Å². The van der Waals surface area contributed by atoms with Crippen molar-refractivity contribution in [1.29, 1.82) is 0 Å². The molecule has 0 aromatic rings. The number of primary amides is 2. The maximum Gasteiger partial charge on any atom is 0.469 e. The summed E-state index contributed by atoms with van der Waals surface area (Å²) in [6.07, 6.45) is -3.25. The molecule has 2 aliphatic heterocycles. The van der Waals surface area contributed by atoms with Crippen molar-refractivity contribution in [3.8, 4) is 0 Å². The maximum absolute atomic E-state index is 14.0. The normalized spacial score (nSPS) is 18.1. The molecular weight excluding hydrogens is 1340 g/mol. The van der Waals surface area contributed by atoms with Gasteiger partial charge in [0, 0.05) is 32.5 Å². The molecule has 14 atom stereocenters. The van der Waals surface area contributed by atoms with Crippen molar-refractivity contribution >= 4 is 102 Å². The van der Waals surface area contributed by atoms with Crippen LogP contribution in [0.4, 0.5) is 0 Å². The van der Waals surface area contributed by atoms with E-state index in [2.05, 4.69) is 57.4 Å². The number of phosphoric acid groups is 1. The fourth-order valence-electron chi connectivity index (χ4n) is 10.1. The number of aliphatic imine (C=N–C) groups is 1. The number of carbonyl (C=O) groups excluding carboxylic acids is 14. The molecule has 560 valence electrons. The Hall–Kier alpha value is -8.77. The number of carbonyl (C=O) groups is 15. The Bertz CT molecular complexity index is 2930.